The summed E-state index contributed by atoms with van der Waals surface area (Å²) in [5, 5.41) is 0.584. The molecule has 0 spiro atoms. The number of nitrogens with zero attached hydrogens (tertiary/aromatic N) is 1. The number of carbonyl (C=O) groups is 1. The molecule has 4 N–H and O–H groups in total. The number of halogens is 1. The van der Waals surface area contributed by atoms with Gasteiger partial charge < -0.3 is 16.2 Å². The van der Waals surface area contributed by atoms with Crippen molar-refractivity contribution in [3.63, 3.8) is 0 Å². The van der Waals surface area contributed by atoms with Gasteiger partial charge in [-0.15, -0.1) is 23.7 Å². The van der Waals surface area contributed by atoms with Crippen LogP contribution < -0.4 is 11.5 Å². The first-order valence-electron chi connectivity index (χ1n) is 6.04. The van der Waals surface area contributed by atoms with Gasteiger partial charge in [0, 0.05) is 4.88 Å². The maximum absolute atomic E-state index is 12.0. The molecule has 1 aromatic heterocycles. The normalized spacial score (nSPS) is 13.1. The van der Waals surface area contributed by atoms with Gasteiger partial charge in [0.2, 0.25) is 0 Å². The third kappa shape index (κ3) is 3.39. The van der Waals surface area contributed by atoms with Crippen molar-refractivity contribution >= 4 is 40.7 Å². The smallest absolute Gasteiger partial charge is 0.341 e. The summed E-state index contributed by atoms with van der Waals surface area (Å²) >= 11 is 1.50. The number of nitrogens with two attached hydrogens (primary N) is 2. The summed E-state index contributed by atoms with van der Waals surface area (Å²) in [6.07, 6.45) is 4.14. The molecular formula is C12H18ClN3O2S. The van der Waals surface area contributed by atoms with Crippen molar-refractivity contribution in [2.45, 2.75) is 32.6 Å². The van der Waals surface area contributed by atoms with Gasteiger partial charge in [-0.1, -0.05) is 0 Å². The first-order chi connectivity index (χ1) is 8.63. The highest BCUT2D eigenvalue weighted by Crippen LogP contribution is 2.40. The molecule has 0 unspecified atom stereocenters. The highest BCUT2D eigenvalue weighted by molar-refractivity contribution is 7.16. The second-order valence-electron chi connectivity index (χ2n) is 4.15. The second kappa shape index (κ2) is 6.77. The molecule has 0 bridgehead atoms. The average molecular weight is 304 g/mol. The number of thiophene rings is 1. The van der Waals surface area contributed by atoms with E-state index < -0.39 is 0 Å². The molecule has 106 valence electrons. The zero-order chi connectivity index (χ0) is 13.1. The minimum Gasteiger partial charge on any atom is -0.462 e. The van der Waals surface area contributed by atoms with Crippen LogP contribution in [0.15, 0.2) is 4.99 Å². The topological polar surface area (TPSA) is 90.7 Å². The molecule has 0 saturated heterocycles. The van der Waals surface area contributed by atoms with Gasteiger partial charge in [-0.2, -0.15) is 0 Å². The summed E-state index contributed by atoms with van der Waals surface area (Å²) in [6.45, 7) is 2.14. The molecule has 19 heavy (non-hydrogen) atoms. The van der Waals surface area contributed by atoms with E-state index >= 15 is 0 Å². The van der Waals surface area contributed by atoms with Gasteiger partial charge in [-0.05, 0) is 38.2 Å². The fourth-order valence-electron chi connectivity index (χ4n) is 2.16. The molecule has 0 aliphatic heterocycles. The molecule has 0 radical (unpaired) electrons. The van der Waals surface area contributed by atoms with Crippen LogP contribution in [0.25, 0.3) is 0 Å². The zero-order valence-electron chi connectivity index (χ0n) is 10.8. The van der Waals surface area contributed by atoms with E-state index in [1.807, 2.05) is 0 Å². The average Bonchev–Trinajstić information content (AvgIpc) is 2.66. The Morgan fingerprint density at radius 2 is 2.05 bits per heavy atom. The number of rotatable bonds is 3. The lowest BCUT2D eigenvalue weighted by atomic mass is 9.95. The summed E-state index contributed by atoms with van der Waals surface area (Å²) in [4.78, 5) is 17.3. The zero-order valence-corrected chi connectivity index (χ0v) is 12.4. The lowest BCUT2D eigenvalue weighted by Gasteiger charge is -2.11. The summed E-state index contributed by atoms with van der Waals surface area (Å²) in [7, 11) is 0. The van der Waals surface area contributed by atoms with Crippen LogP contribution in [0, 0.1) is 0 Å². The molecule has 1 aromatic rings. The third-order valence-electron chi connectivity index (χ3n) is 2.86. The van der Waals surface area contributed by atoms with Gasteiger partial charge in [0.25, 0.3) is 0 Å². The van der Waals surface area contributed by atoms with Crippen LogP contribution in [0.2, 0.25) is 0 Å². The number of ether oxygens (including phenoxy) is 1. The van der Waals surface area contributed by atoms with E-state index in [1.165, 1.54) is 16.2 Å². The summed E-state index contributed by atoms with van der Waals surface area (Å²) < 4.78 is 5.09. The Morgan fingerprint density at radius 1 is 1.37 bits per heavy atom. The third-order valence-corrected chi connectivity index (χ3v) is 4.05. The number of carbonyl (C=O) groups excluding carboxylic acids is 1. The van der Waals surface area contributed by atoms with Crippen LogP contribution in [0.4, 0.5) is 5.00 Å². The minimum absolute atomic E-state index is 0. The quantitative estimate of drug-likeness (QED) is 0.508. The molecule has 5 nitrogen and oxygen atoms in total. The van der Waals surface area contributed by atoms with E-state index in [2.05, 4.69) is 4.99 Å². The first-order valence-corrected chi connectivity index (χ1v) is 6.86. The van der Waals surface area contributed by atoms with Crippen LogP contribution in [-0.4, -0.2) is 18.5 Å². The van der Waals surface area contributed by atoms with Crippen LogP contribution in [0.3, 0.4) is 0 Å². The molecule has 0 amide bonds. The number of aryl methyl sites for hydroxylation is 1. The molecule has 1 aliphatic rings. The molecular weight excluding hydrogens is 286 g/mol. The van der Waals surface area contributed by atoms with Crippen molar-refractivity contribution in [2.75, 3.05) is 6.61 Å². The predicted octanol–water partition coefficient (Wildman–Crippen LogP) is 2.13. The van der Waals surface area contributed by atoms with Crippen molar-refractivity contribution in [2.24, 2.45) is 16.5 Å². The molecule has 0 atom stereocenters. The van der Waals surface area contributed by atoms with Crippen molar-refractivity contribution in [3.8, 4) is 0 Å². The number of hydrogen-bond acceptors (Lipinski definition) is 4. The maximum Gasteiger partial charge on any atom is 0.341 e. The summed E-state index contributed by atoms with van der Waals surface area (Å²) in [6, 6.07) is 0. The standard InChI is InChI=1S/C12H17N3O2S.ClH/c1-2-17-11(16)9-7-5-3-4-6-8(7)18-10(9)15-12(13)14;/h2-6H2,1H3,(H4,13,14,15);1H. The molecule has 7 heteroatoms. The Bertz CT molecular complexity index is 495. The molecule has 1 heterocycles. The molecule has 0 saturated carbocycles. The lowest BCUT2D eigenvalue weighted by molar-refractivity contribution is 0.0526. The maximum atomic E-state index is 12.0. The van der Waals surface area contributed by atoms with E-state index in [9.17, 15) is 4.79 Å². The highest BCUT2D eigenvalue weighted by Gasteiger charge is 2.26. The SMILES string of the molecule is CCOC(=O)c1c(N=C(N)N)sc2c1CCCC2.Cl. The van der Waals surface area contributed by atoms with E-state index in [-0.39, 0.29) is 24.3 Å². The van der Waals surface area contributed by atoms with E-state index in [1.54, 1.807) is 6.92 Å². The Labute approximate surface area is 122 Å². The van der Waals surface area contributed by atoms with Crippen LogP contribution >= 0.6 is 23.7 Å². The summed E-state index contributed by atoms with van der Waals surface area (Å²) in [5.74, 6) is -0.351. The van der Waals surface area contributed by atoms with E-state index in [0.29, 0.717) is 17.2 Å². The predicted molar refractivity (Wildman–Crippen MR) is 79.6 cm³/mol. The Balaban J connectivity index is 0.00000180. The van der Waals surface area contributed by atoms with Gasteiger partial charge in [-0.25, -0.2) is 9.79 Å². The lowest BCUT2D eigenvalue weighted by Crippen LogP contribution is -2.22. The molecule has 0 fully saturated rings. The Morgan fingerprint density at radius 3 is 2.68 bits per heavy atom. The minimum atomic E-state index is -0.322. The van der Waals surface area contributed by atoms with Crippen molar-refractivity contribution in [3.05, 3.63) is 16.0 Å². The number of aliphatic imine (C=N–C) groups is 1. The number of guanidine groups is 1. The van der Waals surface area contributed by atoms with Crippen LogP contribution in [0.1, 0.15) is 40.6 Å². The molecule has 0 aromatic carbocycles. The Hall–Kier alpha value is -1.27. The fourth-order valence-corrected chi connectivity index (χ4v) is 3.43. The Kier molecular flexibility index (Phi) is 5.62. The molecule has 2 rings (SSSR count). The largest absolute Gasteiger partial charge is 0.462 e. The molecule has 1 aliphatic carbocycles. The monoisotopic (exact) mass is 303 g/mol. The number of esters is 1. The number of hydrogen-bond donors (Lipinski definition) is 2. The van der Waals surface area contributed by atoms with Gasteiger partial charge >= 0.3 is 5.97 Å². The van der Waals surface area contributed by atoms with Gasteiger partial charge in [-0.3, -0.25) is 0 Å². The summed E-state index contributed by atoms with van der Waals surface area (Å²) in [5.41, 5.74) is 12.4. The number of fused-ring (bicyclic) bond motifs is 1. The van der Waals surface area contributed by atoms with E-state index in [4.69, 9.17) is 16.2 Å². The van der Waals surface area contributed by atoms with E-state index in [0.717, 1.165) is 31.2 Å². The fraction of sp³-hybridized carbons (Fsp3) is 0.500. The van der Waals surface area contributed by atoms with Gasteiger partial charge in [0.05, 0.1) is 12.2 Å². The first kappa shape index (κ1) is 15.8. The van der Waals surface area contributed by atoms with Crippen molar-refractivity contribution < 1.29 is 9.53 Å². The van der Waals surface area contributed by atoms with Crippen molar-refractivity contribution in [1.82, 2.24) is 0 Å². The second-order valence-corrected chi connectivity index (χ2v) is 5.23. The van der Waals surface area contributed by atoms with Gasteiger partial charge in [0.1, 0.15) is 5.00 Å². The van der Waals surface area contributed by atoms with Gasteiger partial charge in [0.15, 0.2) is 5.96 Å². The highest BCUT2D eigenvalue weighted by atomic mass is 35.5. The van der Waals surface area contributed by atoms with Crippen LogP contribution in [0.5, 0.6) is 0 Å². The van der Waals surface area contributed by atoms with Crippen molar-refractivity contribution in [1.29, 1.82) is 0 Å². The van der Waals surface area contributed by atoms with Crippen LogP contribution in [-0.2, 0) is 17.6 Å².